The summed E-state index contributed by atoms with van der Waals surface area (Å²) in [7, 11) is 0. The van der Waals surface area contributed by atoms with E-state index in [1.165, 1.54) is 37.0 Å². The van der Waals surface area contributed by atoms with E-state index in [4.69, 9.17) is 5.11 Å². The number of carbonyl (C=O) groups is 2. The number of carboxylic acids is 1. The minimum Gasteiger partial charge on any atom is -0.480 e. The van der Waals surface area contributed by atoms with Crippen LogP contribution < -0.4 is 5.32 Å². The third kappa shape index (κ3) is 6.45. The second kappa shape index (κ2) is 8.77. The number of nitrogens with one attached hydrogen (secondary N) is 1. The zero-order valence-electron chi connectivity index (χ0n) is 11.9. The molecule has 1 aliphatic rings. The summed E-state index contributed by atoms with van der Waals surface area (Å²) in [5, 5.41) is 11.6. The fourth-order valence-corrected chi connectivity index (χ4v) is 2.68. The van der Waals surface area contributed by atoms with Gasteiger partial charge in [-0.05, 0) is 25.2 Å². The van der Waals surface area contributed by atoms with Crippen LogP contribution in [0.4, 0.5) is 4.79 Å². The summed E-state index contributed by atoms with van der Waals surface area (Å²) >= 11 is 0. The molecule has 0 saturated heterocycles. The van der Waals surface area contributed by atoms with E-state index in [0.29, 0.717) is 13.1 Å². The number of aliphatic carboxylic acids is 1. The second-order valence-corrected chi connectivity index (χ2v) is 5.34. The fraction of sp³-hybridized carbons (Fsp3) is 0.857. The smallest absolute Gasteiger partial charge is 0.323 e. The van der Waals surface area contributed by atoms with Crippen LogP contribution in [-0.4, -0.2) is 41.6 Å². The highest BCUT2D eigenvalue weighted by Crippen LogP contribution is 2.28. The van der Waals surface area contributed by atoms with Gasteiger partial charge in [-0.25, -0.2) is 4.79 Å². The Balaban J connectivity index is 2.17. The number of carbonyl (C=O) groups excluding carboxylic acids is 1. The molecule has 2 amide bonds. The number of urea groups is 1. The molecule has 0 aromatic heterocycles. The molecule has 0 aromatic rings. The topological polar surface area (TPSA) is 69.6 Å². The fourth-order valence-electron chi connectivity index (χ4n) is 2.68. The molecule has 0 unspecified atom stereocenters. The van der Waals surface area contributed by atoms with Crippen molar-refractivity contribution < 1.29 is 14.7 Å². The van der Waals surface area contributed by atoms with Crippen LogP contribution in [0.1, 0.15) is 51.9 Å². The monoisotopic (exact) mass is 270 g/mol. The van der Waals surface area contributed by atoms with Gasteiger partial charge in [-0.1, -0.05) is 32.6 Å². The minimum absolute atomic E-state index is 0.220. The van der Waals surface area contributed by atoms with E-state index in [2.05, 4.69) is 5.32 Å². The summed E-state index contributed by atoms with van der Waals surface area (Å²) in [6, 6.07) is -0.254. The molecule has 0 radical (unpaired) electrons. The third-order valence-corrected chi connectivity index (χ3v) is 3.65. The first-order chi connectivity index (χ1) is 9.13. The van der Waals surface area contributed by atoms with Gasteiger partial charge in [0, 0.05) is 13.1 Å². The van der Waals surface area contributed by atoms with Crippen LogP contribution in [0.3, 0.4) is 0 Å². The molecule has 110 valence electrons. The van der Waals surface area contributed by atoms with Crippen LogP contribution in [0.25, 0.3) is 0 Å². The molecule has 5 heteroatoms. The highest BCUT2D eigenvalue weighted by molar-refractivity contribution is 5.80. The van der Waals surface area contributed by atoms with E-state index in [0.717, 1.165) is 18.8 Å². The van der Waals surface area contributed by atoms with Crippen LogP contribution in [0, 0.1) is 5.92 Å². The largest absolute Gasteiger partial charge is 0.480 e. The molecular formula is C14H26N2O3. The van der Waals surface area contributed by atoms with E-state index in [1.807, 2.05) is 6.92 Å². The number of rotatable bonds is 8. The van der Waals surface area contributed by atoms with Gasteiger partial charge in [0.15, 0.2) is 0 Å². The Morgan fingerprint density at radius 3 is 2.58 bits per heavy atom. The Hall–Kier alpha value is -1.26. The SMILES string of the molecule is CCCN(CC(=O)O)C(=O)NCCCC1CCCC1. The first kappa shape index (κ1) is 15.8. The third-order valence-electron chi connectivity index (χ3n) is 3.65. The van der Waals surface area contributed by atoms with Crippen molar-refractivity contribution in [1.29, 1.82) is 0 Å². The molecule has 1 fully saturated rings. The lowest BCUT2D eigenvalue weighted by atomic mass is 10.0. The van der Waals surface area contributed by atoms with Crippen molar-refractivity contribution in [1.82, 2.24) is 10.2 Å². The Bertz CT molecular complexity index is 288. The first-order valence-corrected chi connectivity index (χ1v) is 7.38. The van der Waals surface area contributed by atoms with Crippen molar-refractivity contribution >= 4 is 12.0 Å². The maximum atomic E-state index is 11.8. The zero-order chi connectivity index (χ0) is 14.1. The van der Waals surface area contributed by atoms with Gasteiger partial charge < -0.3 is 15.3 Å². The standard InChI is InChI=1S/C14H26N2O3/c1-2-10-16(11-13(17)18)14(19)15-9-5-8-12-6-3-4-7-12/h12H,2-11H2,1H3,(H,15,19)(H,17,18). The molecule has 0 spiro atoms. The normalized spacial score (nSPS) is 15.4. The van der Waals surface area contributed by atoms with Gasteiger partial charge in [-0.2, -0.15) is 0 Å². The van der Waals surface area contributed by atoms with Gasteiger partial charge in [-0.3, -0.25) is 4.79 Å². The van der Waals surface area contributed by atoms with Crippen LogP contribution >= 0.6 is 0 Å². The first-order valence-electron chi connectivity index (χ1n) is 7.38. The predicted molar refractivity (Wildman–Crippen MR) is 74.1 cm³/mol. The molecule has 0 heterocycles. The maximum Gasteiger partial charge on any atom is 0.323 e. The van der Waals surface area contributed by atoms with Gasteiger partial charge in [0.25, 0.3) is 0 Å². The highest BCUT2D eigenvalue weighted by Gasteiger charge is 2.16. The molecule has 1 rings (SSSR count). The molecule has 0 atom stereocenters. The summed E-state index contributed by atoms with van der Waals surface area (Å²) in [5.74, 6) is -0.128. The summed E-state index contributed by atoms with van der Waals surface area (Å²) in [6.07, 6.45) is 8.28. The average Bonchev–Trinajstić information content (AvgIpc) is 2.86. The Morgan fingerprint density at radius 2 is 2.00 bits per heavy atom. The Kier molecular flexibility index (Phi) is 7.30. The molecule has 1 aliphatic carbocycles. The number of nitrogens with zero attached hydrogens (tertiary/aromatic N) is 1. The highest BCUT2D eigenvalue weighted by atomic mass is 16.4. The lowest BCUT2D eigenvalue weighted by molar-refractivity contribution is -0.137. The number of amides is 2. The van der Waals surface area contributed by atoms with E-state index < -0.39 is 5.97 Å². The van der Waals surface area contributed by atoms with E-state index >= 15 is 0 Å². The molecule has 5 nitrogen and oxygen atoms in total. The van der Waals surface area contributed by atoms with Gasteiger partial charge in [0.1, 0.15) is 6.54 Å². The van der Waals surface area contributed by atoms with Gasteiger partial charge in [0.2, 0.25) is 0 Å². The number of hydrogen-bond donors (Lipinski definition) is 2. The number of hydrogen-bond acceptors (Lipinski definition) is 2. The summed E-state index contributed by atoms with van der Waals surface area (Å²) in [5.41, 5.74) is 0. The molecule has 2 N–H and O–H groups in total. The molecule has 0 bridgehead atoms. The number of carboxylic acid groups (broad SMARTS) is 1. The molecule has 0 aliphatic heterocycles. The lowest BCUT2D eigenvalue weighted by Gasteiger charge is -2.20. The molecule has 19 heavy (non-hydrogen) atoms. The summed E-state index contributed by atoms with van der Waals surface area (Å²) < 4.78 is 0. The Morgan fingerprint density at radius 1 is 1.32 bits per heavy atom. The summed E-state index contributed by atoms with van der Waals surface area (Å²) in [6.45, 7) is 2.85. The zero-order valence-corrected chi connectivity index (χ0v) is 11.9. The lowest BCUT2D eigenvalue weighted by Crippen LogP contribution is -2.43. The quantitative estimate of drug-likeness (QED) is 0.666. The van der Waals surface area contributed by atoms with Crippen LogP contribution in [0.2, 0.25) is 0 Å². The predicted octanol–water partition coefficient (Wildman–Crippen LogP) is 2.46. The van der Waals surface area contributed by atoms with Crippen molar-refractivity contribution in [2.24, 2.45) is 5.92 Å². The average molecular weight is 270 g/mol. The molecular weight excluding hydrogens is 244 g/mol. The van der Waals surface area contributed by atoms with E-state index in [-0.39, 0.29) is 12.6 Å². The molecule has 0 aromatic carbocycles. The van der Waals surface area contributed by atoms with Crippen molar-refractivity contribution in [2.75, 3.05) is 19.6 Å². The van der Waals surface area contributed by atoms with Gasteiger partial charge in [0.05, 0.1) is 0 Å². The van der Waals surface area contributed by atoms with Crippen LogP contribution in [0.5, 0.6) is 0 Å². The van der Waals surface area contributed by atoms with Crippen LogP contribution in [0.15, 0.2) is 0 Å². The summed E-state index contributed by atoms with van der Waals surface area (Å²) in [4.78, 5) is 23.8. The van der Waals surface area contributed by atoms with E-state index in [9.17, 15) is 9.59 Å². The maximum absolute atomic E-state index is 11.8. The van der Waals surface area contributed by atoms with Gasteiger partial charge >= 0.3 is 12.0 Å². The van der Waals surface area contributed by atoms with Crippen LogP contribution in [-0.2, 0) is 4.79 Å². The van der Waals surface area contributed by atoms with Crippen molar-refractivity contribution in [3.8, 4) is 0 Å². The van der Waals surface area contributed by atoms with Crippen molar-refractivity contribution in [3.63, 3.8) is 0 Å². The second-order valence-electron chi connectivity index (χ2n) is 5.34. The van der Waals surface area contributed by atoms with Crippen molar-refractivity contribution in [2.45, 2.75) is 51.9 Å². The Labute approximate surface area is 115 Å². The molecule has 1 saturated carbocycles. The minimum atomic E-state index is -0.963. The van der Waals surface area contributed by atoms with Crippen molar-refractivity contribution in [3.05, 3.63) is 0 Å². The van der Waals surface area contributed by atoms with E-state index in [1.54, 1.807) is 0 Å². The van der Waals surface area contributed by atoms with Gasteiger partial charge in [-0.15, -0.1) is 0 Å².